The number of aryl methyl sites for hydroxylation is 1. The fourth-order valence-corrected chi connectivity index (χ4v) is 2.59. The molecule has 1 heterocycles. The lowest BCUT2D eigenvalue weighted by molar-refractivity contribution is 0.462. The fraction of sp³-hybridized carbons (Fsp3) is 0.571. The van der Waals surface area contributed by atoms with E-state index in [2.05, 4.69) is 43.4 Å². The standard InChI is InChI=1S/C14H22N2/c1-3-5-11-6-4-7-12(8-11)13-9-16-10-14(13,2)15/h4,6-8,13,16H,3,5,9-10,15H2,1-2H3/t13-,14+/m1/s1. The zero-order valence-corrected chi connectivity index (χ0v) is 10.3. The lowest BCUT2D eigenvalue weighted by Gasteiger charge is -2.26. The minimum Gasteiger partial charge on any atom is -0.324 e. The molecule has 3 N–H and O–H groups in total. The van der Waals surface area contributed by atoms with Crippen molar-refractivity contribution in [3.05, 3.63) is 35.4 Å². The topological polar surface area (TPSA) is 38.0 Å². The Hall–Kier alpha value is -0.860. The zero-order chi connectivity index (χ0) is 11.6. The summed E-state index contributed by atoms with van der Waals surface area (Å²) in [6, 6.07) is 8.91. The molecule has 1 fully saturated rings. The molecule has 1 saturated heterocycles. The van der Waals surface area contributed by atoms with Gasteiger partial charge in [0, 0.05) is 24.5 Å². The molecule has 0 aliphatic carbocycles. The van der Waals surface area contributed by atoms with Gasteiger partial charge >= 0.3 is 0 Å². The van der Waals surface area contributed by atoms with Gasteiger partial charge in [-0.25, -0.2) is 0 Å². The van der Waals surface area contributed by atoms with Crippen LogP contribution < -0.4 is 11.1 Å². The number of benzene rings is 1. The van der Waals surface area contributed by atoms with Crippen LogP contribution in [0.2, 0.25) is 0 Å². The predicted octanol–water partition coefficient (Wildman–Crippen LogP) is 2.04. The van der Waals surface area contributed by atoms with E-state index < -0.39 is 0 Å². The summed E-state index contributed by atoms with van der Waals surface area (Å²) in [4.78, 5) is 0. The van der Waals surface area contributed by atoms with Crippen molar-refractivity contribution in [3.8, 4) is 0 Å². The maximum Gasteiger partial charge on any atom is 0.0333 e. The van der Waals surface area contributed by atoms with E-state index in [-0.39, 0.29) is 5.54 Å². The summed E-state index contributed by atoms with van der Waals surface area (Å²) < 4.78 is 0. The Balaban J connectivity index is 2.23. The highest BCUT2D eigenvalue weighted by molar-refractivity contribution is 5.30. The SMILES string of the molecule is CCCc1cccc([C@H]2CNC[C@]2(C)N)c1. The molecule has 2 heteroatoms. The lowest BCUT2D eigenvalue weighted by Crippen LogP contribution is -2.42. The van der Waals surface area contributed by atoms with Crippen LogP contribution in [0.3, 0.4) is 0 Å². The average Bonchev–Trinajstić information content (AvgIpc) is 2.59. The van der Waals surface area contributed by atoms with Crippen LogP contribution in [0.1, 0.15) is 37.3 Å². The molecule has 2 rings (SSSR count). The fourth-order valence-electron chi connectivity index (χ4n) is 2.59. The van der Waals surface area contributed by atoms with Crippen LogP contribution in [0.15, 0.2) is 24.3 Å². The molecule has 1 aromatic rings. The van der Waals surface area contributed by atoms with Gasteiger partial charge in [-0.3, -0.25) is 0 Å². The molecule has 16 heavy (non-hydrogen) atoms. The largest absolute Gasteiger partial charge is 0.324 e. The third-order valence-corrected chi connectivity index (χ3v) is 3.54. The van der Waals surface area contributed by atoms with Crippen LogP contribution in [0.4, 0.5) is 0 Å². The highest BCUT2D eigenvalue weighted by atomic mass is 15.0. The first-order valence-electron chi connectivity index (χ1n) is 6.22. The summed E-state index contributed by atoms with van der Waals surface area (Å²) in [5.41, 5.74) is 9.03. The van der Waals surface area contributed by atoms with Crippen molar-refractivity contribution in [1.29, 1.82) is 0 Å². The molecule has 2 nitrogen and oxygen atoms in total. The second-order valence-electron chi connectivity index (χ2n) is 5.18. The summed E-state index contributed by atoms with van der Waals surface area (Å²) in [5.74, 6) is 0.448. The molecule has 0 bridgehead atoms. The van der Waals surface area contributed by atoms with Crippen molar-refractivity contribution in [2.45, 2.75) is 38.1 Å². The van der Waals surface area contributed by atoms with E-state index in [1.807, 2.05) is 0 Å². The molecule has 0 saturated carbocycles. The maximum atomic E-state index is 6.32. The summed E-state index contributed by atoms with van der Waals surface area (Å²) in [6.45, 7) is 6.28. The summed E-state index contributed by atoms with van der Waals surface area (Å²) >= 11 is 0. The van der Waals surface area contributed by atoms with Gasteiger partial charge in [-0.1, -0.05) is 37.6 Å². The Bertz CT molecular complexity index is 358. The Kier molecular flexibility index (Phi) is 3.31. The number of hydrogen-bond donors (Lipinski definition) is 2. The first-order chi connectivity index (χ1) is 7.63. The van der Waals surface area contributed by atoms with Crippen molar-refractivity contribution < 1.29 is 0 Å². The monoisotopic (exact) mass is 218 g/mol. The van der Waals surface area contributed by atoms with Crippen LogP contribution in [0.5, 0.6) is 0 Å². The van der Waals surface area contributed by atoms with Gasteiger partial charge in [-0.05, 0) is 24.5 Å². The maximum absolute atomic E-state index is 6.32. The van der Waals surface area contributed by atoms with E-state index in [1.54, 1.807) is 0 Å². The van der Waals surface area contributed by atoms with Gasteiger partial charge in [0.25, 0.3) is 0 Å². The second-order valence-corrected chi connectivity index (χ2v) is 5.18. The number of nitrogens with one attached hydrogen (secondary N) is 1. The molecule has 0 spiro atoms. The molecule has 1 aromatic carbocycles. The molecule has 0 amide bonds. The van der Waals surface area contributed by atoms with E-state index in [0.717, 1.165) is 19.5 Å². The Labute approximate surface area is 98.2 Å². The van der Waals surface area contributed by atoms with Crippen LogP contribution in [0, 0.1) is 0 Å². The molecule has 0 unspecified atom stereocenters. The van der Waals surface area contributed by atoms with Crippen molar-refractivity contribution in [2.75, 3.05) is 13.1 Å². The smallest absolute Gasteiger partial charge is 0.0333 e. The van der Waals surface area contributed by atoms with Gasteiger partial charge in [0.2, 0.25) is 0 Å². The van der Waals surface area contributed by atoms with E-state index >= 15 is 0 Å². The molecule has 1 aliphatic rings. The first kappa shape index (κ1) is 11.6. The highest BCUT2D eigenvalue weighted by Gasteiger charge is 2.35. The normalized spacial score (nSPS) is 29.6. The Morgan fingerprint density at radius 2 is 2.31 bits per heavy atom. The third kappa shape index (κ3) is 2.28. The van der Waals surface area contributed by atoms with Crippen LogP contribution in [0.25, 0.3) is 0 Å². The van der Waals surface area contributed by atoms with Crippen molar-refractivity contribution >= 4 is 0 Å². The van der Waals surface area contributed by atoms with Gasteiger partial charge in [0.05, 0.1) is 0 Å². The highest BCUT2D eigenvalue weighted by Crippen LogP contribution is 2.30. The van der Waals surface area contributed by atoms with Crippen molar-refractivity contribution in [2.24, 2.45) is 5.73 Å². The number of nitrogens with two attached hydrogens (primary N) is 1. The second kappa shape index (κ2) is 4.56. The molecule has 0 aromatic heterocycles. The molecular weight excluding hydrogens is 196 g/mol. The van der Waals surface area contributed by atoms with Crippen molar-refractivity contribution in [3.63, 3.8) is 0 Å². The molecule has 2 atom stereocenters. The molecular formula is C14H22N2. The van der Waals surface area contributed by atoms with Gasteiger partial charge in [0.15, 0.2) is 0 Å². The first-order valence-corrected chi connectivity index (χ1v) is 6.22. The Morgan fingerprint density at radius 3 is 2.94 bits per heavy atom. The van der Waals surface area contributed by atoms with Crippen molar-refractivity contribution in [1.82, 2.24) is 5.32 Å². The quantitative estimate of drug-likeness (QED) is 0.815. The van der Waals surface area contributed by atoms with Crippen LogP contribution in [-0.4, -0.2) is 18.6 Å². The van der Waals surface area contributed by atoms with E-state index in [0.29, 0.717) is 5.92 Å². The lowest BCUT2D eigenvalue weighted by atomic mass is 9.83. The Morgan fingerprint density at radius 1 is 1.50 bits per heavy atom. The predicted molar refractivity (Wildman–Crippen MR) is 68.6 cm³/mol. The number of rotatable bonds is 3. The zero-order valence-electron chi connectivity index (χ0n) is 10.3. The van der Waals surface area contributed by atoms with E-state index in [1.165, 1.54) is 17.5 Å². The number of hydrogen-bond acceptors (Lipinski definition) is 2. The van der Waals surface area contributed by atoms with Crippen LogP contribution in [-0.2, 0) is 6.42 Å². The van der Waals surface area contributed by atoms with E-state index in [9.17, 15) is 0 Å². The molecule has 0 radical (unpaired) electrons. The minimum atomic E-state index is -0.106. The molecule has 1 aliphatic heterocycles. The van der Waals surface area contributed by atoms with Gasteiger partial charge in [-0.15, -0.1) is 0 Å². The molecule has 88 valence electrons. The van der Waals surface area contributed by atoms with Gasteiger partial charge < -0.3 is 11.1 Å². The van der Waals surface area contributed by atoms with E-state index in [4.69, 9.17) is 5.73 Å². The average molecular weight is 218 g/mol. The summed E-state index contributed by atoms with van der Waals surface area (Å²) in [7, 11) is 0. The minimum absolute atomic E-state index is 0.106. The third-order valence-electron chi connectivity index (χ3n) is 3.54. The summed E-state index contributed by atoms with van der Waals surface area (Å²) in [5, 5.41) is 3.39. The van der Waals surface area contributed by atoms with Crippen LogP contribution >= 0.6 is 0 Å². The van der Waals surface area contributed by atoms with Gasteiger partial charge in [-0.2, -0.15) is 0 Å². The van der Waals surface area contributed by atoms with Gasteiger partial charge in [0.1, 0.15) is 0 Å². The summed E-state index contributed by atoms with van der Waals surface area (Å²) in [6.07, 6.45) is 2.36.